The van der Waals surface area contributed by atoms with E-state index in [9.17, 15) is 40.8 Å². The van der Waals surface area contributed by atoms with Gasteiger partial charge in [-0.15, -0.1) is 0 Å². The third kappa shape index (κ3) is 9.57. The first kappa shape index (κ1) is 44.3. The number of rotatable bonds is 10. The highest BCUT2D eigenvalue weighted by Crippen LogP contribution is 2.58. The van der Waals surface area contributed by atoms with E-state index in [0.717, 1.165) is 19.2 Å². The van der Waals surface area contributed by atoms with Gasteiger partial charge in [0.2, 0.25) is 39.2 Å². The molecule has 2 aromatic rings. The molecular formula is C43H56F3N3O9S. The number of benzene rings is 1. The Morgan fingerprint density at radius 2 is 1.78 bits per heavy atom. The number of nitrogens with zero attached hydrogens (tertiary/aromatic N) is 2. The van der Waals surface area contributed by atoms with Crippen LogP contribution >= 0.6 is 0 Å². The lowest BCUT2D eigenvalue weighted by Crippen LogP contribution is -2.48. The molecule has 3 fully saturated rings. The van der Waals surface area contributed by atoms with Crippen molar-refractivity contribution in [2.24, 2.45) is 29.1 Å². The minimum absolute atomic E-state index is 0.0150. The Labute approximate surface area is 344 Å². The maximum absolute atomic E-state index is 14.9. The molecule has 4 aliphatic rings. The minimum Gasteiger partial charge on any atom is -0.475 e. The molecule has 59 heavy (non-hydrogen) atoms. The van der Waals surface area contributed by atoms with Crippen LogP contribution in [0.4, 0.5) is 13.2 Å². The predicted octanol–water partition coefficient (Wildman–Crippen LogP) is 7.24. The summed E-state index contributed by atoms with van der Waals surface area (Å²) in [6.45, 7) is 10.4. The Morgan fingerprint density at radius 1 is 1.08 bits per heavy atom. The quantitative estimate of drug-likeness (QED) is 0.191. The largest absolute Gasteiger partial charge is 0.475 e. The van der Waals surface area contributed by atoms with Crippen LogP contribution < -0.4 is 14.2 Å². The number of ketones is 1. The Bertz CT molecular complexity index is 2100. The topological polar surface area (TPSA) is 158 Å². The number of allylic oxidation sites excluding steroid dienone is 2. The van der Waals surface area contributed by atoms with Gasteiger partial charge in [0, 0.05) is 24.3 Å². The number of nitrogens with one attached hydrogen (secondary N) is 1. The van der Waals surface area contributed by atoms with E-state index in [2.05, 4.69) is 9.71 Å². The number of aromatic nitrogens is 1. The summed E-state index contributed by atoms with van der Waals surface area (Å²) in [6, 6.07) is 7.93. The first-order chi connectivity index (χ1) is 27.4. The zero-order valence-corrected chi connectivity index (χ0v) is 35.6. The van der Waals surface area contributed by atoms with E-state index in [4.69, 9.17) is 14.2 Å². The average Bonchev–Trinajstić information content (AvgIpc) is 4.01. The maximum atomic E-state index is 14.9. The van der Waals surface area contributed by atoms with Gasteiger partial charge in [-0.2, -0.15) is 18.2 Å². The number of carbonyl (C=O) groups excluding carboxylic acids is 4. The highest BCUT2D eigenvalue weighted by Gasteiger charge is 2.63. The molecule has 12 nitrogen and oxygen atoms in total. The molecule has 0 spiro atoms. The molecule has 2 amide bonds. The van der Waals surface area contributed by atoms with Gasteiger partial charge in [0.1, 0.15) is 6.10 Å². The summed E-state index contributed by atoms with van der Waals surface area (Å²) >= 11 is 0. The van der Waals surface area contributed by atoms with Gasteiger partial charge in [0.15, 0.2) is 5.78 Å². The average molecular weight is 848 g/mol. The van der Waals surface area contributed by atoms with Crippen LogP contribution in [0.3, 0.4) is 0 Å². The van der Waals surface area contributed by atoms with Crippen molar-refractivity contribution in [2.45, 2.75) is 141 Å². The Balaban J connectivity index is 1.37. The van der Waals surface area contributed by atoms with E-state index in [-0.39, 0.29) is 43.7 Å². The monoisotopic (exact) mass is 847 g/mol. The summed E-state index contributed by atoms with van der Waals surface area (Å²) in [7, 11) is -4.03. The van der Waals surface area contributed by atoms with Crippen LogP contribution in [0.25, 0.3) is 10.8 Å². The third-order valence-electron chi connectivity index (χ3n) is 12.6. The first-order valence-electron chi connectivity index (χ1n) is 20.5. The maximum Gasteiger partial charge on any atom is 0.427 e. The normalized spacial score (nSPS) is 29.4. The molecular weight excluding hydrogens is 792 g/mol. The summed E-state index contributed by atoms with van der Waals surface area (Å²) in [6.07, 6.45) is -0.467. The Morgan fingerprint density at radius 3 is 2.44 bits per heavy atom. The molecule has 0 unspecified atom stereocenters. The third-order valence-corrected chi connectivity index (χ3v) is 14.7. The molecule has 1 aromatic heterocycles. The second-order valence-electron chi connectivity index (χ2n) is 18.2. The number of ether oxygens (including phenoxy) is 3. The standard InChI is InChI=1S/C43H56F3N3O9S/c1-25(2)56-35-19-28-13-9-11-15-31(28)37(47-35)57-30-20-33-34(50)23-42(39(53)48-59(54,55)41(7)16-17-41)22-29(42)14-10-8-12-26(3)18-27(4)32(38(52)49(33)24-30)21-36(51)58-40(5,6)43(44,45)46/h9-11,13-15,19,25-27,29-30,32-33H,8,12,16-18,20-24H2,1-7H3,(H,48,53)/b14-10-/t26-,27+,29+,30+,32-,33-,42+/m0/s1. The van der Waals surface area contributed by atoms with Crippen molar-refractivity contribution in [3.8, 4) is 11.8 Å². The van der Waals surface area contributed by atoms with E-state index in [1.807, 2.05) is 57.2 Å². The number of alkyl halides is 3. The van der Waals surface area contributed by atoms with Crippen LogP contribution in [0, 0.1) is 29.1 Å². The van der Waals surface area contributed by atoms with Crippen LogP contribution in [0.15, 0.2) is 42.5 Å². The second kappa shape index (κ2) is 16.3. The number of esters is 1. The van der Waals surface area contributed by atoms with E-state index < -0.39 is 91.8 Å². The van der Waals surface area contributed by atoms with Crippen molar-refractivity contribution >= 4 is 44.4 Å². The fourth-order valence-corrected chi connectivity index (χ4v) is 9.67. The van der Waals surface area contributed by atoms with Gasteiger partial charge < -0.3 is 19.1 Å². The molecule has 3 heterocycles. The van der Waals surface area contributed by atoms with Crippen LogP contribution in [-0.4, -0.2) is 83.2 Å². The lowest BCUT2D eigenvalue weighted by molar-refractivity contribution is -0.257. The van der Waals surface area contributed by atoms with Crippen molar-refractivity contribution in [3.63, 3.8) is 0 Å². The van der Waals surface area contributed by atoms with E-state index >= 15 is 0 Å². The lowest BCUT2D eigenvalue weighted by atomic mass is 9.82. The van der Waals surface area contributed by atoms with E-state index in [0.29, 0.717) is 43.4 Å². The van der Waals surface area contributed by atoms with Crippen LogP contribution in [-0.2, 0) is 33.9 Å². The van der Waals surface area contributed by atoms with E-state index in [1.165, 1.54) is 4.90 Å². The molecule has 16 heteroatoms. The molecule has 6 rings (SSSR count). The van der Waals surface area contributed by atoms with E-state index in [1.54, 1.807) is 19.9 Å². The number of Topliss-reactive ketones (excluding diaryl/α,β-unsaturated/α-hetero) is 1. The highest BCUT2D eigenvalue weighted by atomic mass is 32.2. The number of hydrogen-bond donors (Lipinski definition) is 1. The van der Waals surface area contributed by atoms with Crippen molar-refractivity contribution in [1.29, 1.82) is 0 Å². The summed E-state index contributed by atoms with van der Waals surface area (Å²) in [5.41, 5.74) is -4.20. The number of amides is 2. The lowest BCUT2D eigenvalue weighted by Gasteiger charge is -2.33. The van der Waals surface area contributed by atoms with Crippen LogP contribution in [0.1, 0.15) is 106 Å². The predicted molar refractivity (Wildman–Crippen MR) is 213 cm³/mol. The van der Waals surface area contributed by atoms with Gasteiger partial charge in [-0.1, -0.05) is 44.2 Å². The molecule has 1 N–H and O–H groups in total. The summed E-state index contributed by atoms with van der Waals surface area (Å²) in [5.74, 6) is -4.71. The minimum atomic E-state index is -4.87. The molecule has 1 saturated heterocycles. The molecule has 2 aliphatic carbocycles. The van der Waals surface area contributed by atoms with Crippen LogP contribution in [0.5, 0.6) is 11.8 Å². The number of carbonyl (C=O) groups is 4. The number of halogens is 3. The fourth-order valence-electron chi connectivity index (χ4n) is 8.34. The zero-order chi connectivity index (χ0) is 43.3. The molecule has 2 aliphatic heterocycles. The molecule has 2 saturated carbocycles. The van der Waals surface area contributed by atoms with Crippen molar-refractivity contribution in [3.05, 3.63) is 42.5 Å². The number of pyridine rings is 1. The second-order valence-corrected chi connectivity index (χ2v) is 20.4. The fraction of sp³-hybridized carbons (Fsp3) is 0.651. The smallest absolute Gasteiger partial charge is 0.427 e. The van der Waals surface area contributed by atoms with Crippen LogP contribution in [0.2, 0.25) is 0 Å². The van der Waals surface area contributed by atoms with Gasteiger partial charge in [0.25, 0.3) is 0 Å². The molecule has 7 atom stereocenters. The SMILES string of the molecule is CC(C)Oc1cc2ccccc2c(O[C@@H]2C[C@H]3C(=O)C[C@]4(C(=O)NS(=O)(=O)C5(C)CC5)C[C@H]4/C=C\CC[C@H](C)C[C@@H](C)[C@H](CC(=O)OC(C)(C)C(F)(F)F)C(=O)N3C2)n1. The van der Waals surface area contributed by atoms with Crippen molar-refractivity contribution in [2.75, 3.05) is 6.54 Å². The summed E-state index contributed by atoms with van der Waals surface area (Å²) in [4.78, 5) is 62.8. The molecule has 1 aromatic carbocycles. The van der Waals surface area contributed by atoms with Crippen molar-refractivity contribution < 1.29 is 55.0 Å². The van der Waals surface area contributed by atoms with Crippen molar-refractivity contribution in [1.82, 2.24) is 14.6 Å². The summed E-state index contributed by atoms with van der Waals surface area (Å²) in [5, 5.41) is 1.42. The van der Waals surface area contributed by atoms with Gasteiger partial charge in [-0.3, -0.25) is 23.9 Å². The number of hydrogen-bond acceptors (Lipinski definition) is 10. The Kier molecular flexibility index (Phi) is 12.3. The molecule has 0 radical (unpaired) electrons. The number of fused-ring (bicyclic) bond motifs is 3. The highest BCUT2D eigenvalue weighted by molar-refractivity contribution is 7.91. The van der Waals surface area contributed by atoms with Gasteiger partial charge >= 0.3 is 12.1 Å². The van der Waals surface area contributed by atoms with Gasteiger partial charge in [0.05, 0.1) is 41.2 Å². The van der Waals surface area contributed by atoms with Gasteiger partial charge in [-0.25, -0.2) is 8.42 Å². The molecule has 0 bridgehead atoms. The zero-order valence-electron chi connectivity index (χ0n) is 34.8. The van der Waals surface area contributed by atoms with Gasteiger partial charge in [-0.05, 0) is 102 Å². The summed E-state index contributed by atoms with van der Waals surface area (Å²) < 4.78 is 86.4. The first-order valence-corrected chi connectivity index (χ1v) is 22.0. The molecule has 324 valence electrons. The number of sulfonamides is 1. The Hall–Kier alpha value is -4.21.